The van der Waals surface area contributed by atoms with Crippen LogP contribution in [0.1, 0.15) is 37.2 Å². The molecule has 2 nitrogen and oxygen atoms in total. The zero-order valence-electron chi connectivity index (χ0n) is 12.9. The Hall–Kier alpha value is -1.64. The van der Waals surface area contributed by atoms with Gasteiger partial charge in [-0.2, -0.15) is 0 Å². The van der Waals surface area contributed by atoms with E-state index in [1.165, 1.54) is 35.6 Å². The van der Waals surface area contributed by atoms with Crippen molar-refractivity contribution in [3.8, 4) is 0 Å². The van der Waals surface area contributed by atoms with Crippen LogP contribution < -0.4 is 11.5 Å². The molecule has 0 saturated heterocycles. The number of allylic oxidation sites excluding steroid dienone is 1. The molecule has 0 aromatic heterocycles. The van der Waals surface area contributed by atoms with E-state index in [0.29, 0.717) is 5.92 Å². The lowest BCUT2D eigenvalue weighted by Crippen LogP contribution is -2.51. The van der Waals surface area contributed by atoms with Crippen LogP contribution >= 0.6 is 0 Å². The van der Waals surface area contributed by atoms with Crippen LogP contribution in [0, 0.1) is 5.92 Å². The zero-order chi connectivity index (χ0) is 15.1. The molecule has 2 aromatic carbocycles. The Morgan fingerprint density at radius 3 is 2.68 bits per heavy atom. The van der Waals surface area contributed by atoms with E-state index in [1.807, 2.05) is 0 Å². The summed E-state index contributed by atoms with van der Waals surface area (Å²) in [6.07, 6.45) is 7.25. The van der Waals surface area contributed by atoms with E-state index in [1.54, 1.807) is 5.57 Å². The predicted molar refractivity (Wildman–Crippen MR) is 92.7 cm³/mol. The van der Waals surface area contributed by atoms with Crippen LogP contribution in [0.2, 0.25) is 0 Å². The Bertz CT molecular complexity index is 713. The lowest BCUT2D eigenvalue weighted by atomic mass is 9.65. The third-order valence-electron chi connectivity index (χ3n) is 5.56. The van der Waals surface area contributed by atoms with Crippen molar-refractivity contribution in [2.24, 2.45) is 17.4 Å². The average molecular weight is 292 g/mol. The number of fused-ring (bicyclic) bond motifs is 2. The maximum atomic E-state index is 6.59. The maximum Gasteiger partial charge on any atom is 0.0300 e. The fraction of sp³-hybridized carbons (Fsp3) is 0.400. The molecular formula is C20H24N2. The van der Waals surface area contributed by atoms with E-state index in [4.69, 9.17) is 11.5 Å². The Kier molecular flexibility index (Phi) is 3.51. The molecule has 1 saturated carbocycles. The number of hydrogen-bond donors (Lipinski definition) is 2. The van der Waals surface area contributed by atoms with Gasteiger partial charge < -0.3 is 11.5 Å². The summed E-state index contributed by atoms with van der Waals surface area (Å²) in [5.41, 5.74) is 15.9. The van der Waals surface area contributed by atoms with Crippen LogP contribution in [0.25, 0.3) is 10.8 Å². The van der Waals surface area contributed by atoms with Crippen LogP contribution in [0.15, 0.2) is 54.1 Å². The molecule has 1 fully saturated rings. The average Bonchev–Trinajstić information content (AvgIpc) is 2.56. The van der Waals surface area contributed by atoms with Crippen molar-refractivity contribution in [1.82, 2.24) is 0 Å². The third-order valence-corrected chi connectivity index (χ3v) is 5.56. The number of rotatable bonds is 1. The number of benzene rings is 2. The summed E-state index contributed by atoms with van der Waals surface area (Å²) < 4.78 is 0. The first kappa shape index (κ1) is 14.0. The van der Waals surface area contributed by atoms with Crippen LogP contribution in [-0.2, 0) is 0 Å². The van der Waals surface area contributed by atoms with Gasteiger partial charge in [0.05, 0.1) is 0 Å². The largest absolute Gasteiger partial charge is 0.326 e. The molecule has 4 N–H and O–H groups in total. The summed E-state index contributed by atoms with van der Waals surface area (Å²) in [4.78, 5) is 0. The summed E-state index contributed by atoms with van der Waals surface area (Å²) >= 11 is 0. The van der Waals surface area contributed by atoms with Gasteiger partial charge in [0.2, 0.25) is 0 Å². The topological polar surface area (TPSA) is 52.0 Å². The van der Waals surface area contributed by atoms with Gasteiger partial charge in [-0.15, -0.1) is 0 Å². The second kappa shape index (κ2) is 5.53. The molecule has 0 radical (unpaired) electrons. The first-order chi connectivity index (χ1) is 10.8. The summed E-state index contributed by atoms with van der Waals surface area (Å²) in [6.45, 7) is 0. The first-order valence-electron chi connectivity index (χ1n) is 8.44. The van der Waals surface area contributed by atoms with Gasteiger partial charge in [0.1, 0.15) is 0 Å². The van der Waals surface area contributed by atoms with Gasteiger partial charge in [-0.25, -0.2) is 0 Å². The van der Waals surface area contributed by atoms with E-state index in [0.717, 1.165) is 6.42 Å². The fourth-order valence-corrected chi connectivity index (χ4v) is 4.46. The van der Waals surface area contributed by atoms with E-state index >= 15 is 0 Å². The van der Waals surface area contributed by atoms with Gasteiger partial charge in [-0.05, 0) is 47.9 Å². The highest BCUT2D eigenvalue weighted by Gasteiger charge is 2.39. The molecule has 0 heterocycles. The van der Waals surface area contributed by atoms with Crippen molar-refractivity contribution < 1.29 is 0 Å². The van der Waals surface area contributed by atoms with Crippen molar-refractivity contribution in [3.63, 3.8) is 0 Å². The van der Waals surface area contributed by atoms with Gasteiger partial charge in [-0.3, -0.25) is 0 Å². The molecule has 22 heavy (non-hydrogen) atoms. The van der Waals surface area contributed by atoms with E-state index in [9.17, 15) is 0 Å². The minimum Gasteiger partial charge on any atom is -0.326 e. The molecule has 0 aliphatic heterocycles. The fourth-order valence-electron chi connectivity index (χ4n) is 4.46. The first-order valence-corrected chi connectivity index (χ1v) is 8.44. The third kappa shape index (κ3) is 2.18. The minimum atomic E-state index is 0.0198. The normalized spacial score (nSPS) is 31.6. The Balaban J connectivity index is 1.88. The van der Waals surface area contributed by atoms with Crippen molar-refractivity contribution >= 4 is 10.8 Å². The smallest absolute Gasteiger partial charge is 0.0300 e. The molecule has 2 aliphatic carbocycles. The summed E-state index contributed by atoms with van der Waals surface area (Å²) in [5, 5.41) is 2.61. The highest BCUT2D eigenvalue weighted by Crippen LogP contribution is 2.45. The van der Waals surface area contributed by atoms with Crippen LogP contribution in [0.5, 0.6) is 0 Å². The highest BCUT2D eigenvalue weighted by atomic mass is 14.8. The molecule has 114 valence electrons. The highest BCUT2D eigenvalue weighted by molar-refractivity contribution is 5.86. The Labute approximate surface area is 132 Å². The van der Waals surface area contributed by atoms with Crippen molar-refractivity contribution in [3.05, 3.63) is 59.7 Å². The van der Waals surface area contributed by atoms with Crippen LogP contribution in [0.4, 0.5) is 0 Å². The summed E-state index contributed by atoms with van der Waals surface area (Å²) in [6, 6.07) is 15.3. The van der Waals surface area contributed by atoms with Crippen LogP contribution in [0.3, 0.4) is 0 Å². The monoisotopic (exact) mass is 292 g/mol. The second-order valence-electron chi connectivity index (χ2n) is 6.85. The Morgan fingerprint density at radius 2 is 1.77 bits per heavy atom. The molecule has 4 rings (SSSR count). The standard InChI is InChI=1S/C20H24N2/c21-18-12-14-7-2-4-10-16(14)19(20(18)22)17-11-5-8-13-6-1-3-9-15(13)17/h1,3,5-6,8-11,14,18-20H,2,4,7,12,21-22H2/t14?,18-,19?,20+/m1/s1. The molecule has 0 amide bonds. The predicted octanol–water partition coefficient (Wildman–Crippen LogP) is 3.71. The quantitative estimate of drug-likeness (QED) is 0.787. The Morgan fingerprint density at radius 1 is 0.955 bits per heavy atom. The van der Waals surface area contributed by atoms with E-state index in [-0.39, 0.29) is 18.0 Å². The van der Waals surface area contributed by atoms with E-state index in [2.05, 4.69) is 48.5 Å². The molecule has 0 bridgehead atoms. The molecule has 0 spiro atoms. The maximum absolute atomic E-state index is 6.59. The molecule has 2 heteroatoms. The van der Waals surface area contributed by atoms with Crippen molar-refractivity contribution in [1.29, 1.82) is 0 Å². The molecule has 2 unspecified atom stereocenters. The molecule has 2 aromatic rings. The molecular weight excluding hydrogens is 268 g/mol. The lowest BCUT2D eigenvalue weighted by Gasteiger charge is -2.43. The summed E-state index contributed by atoms with van der Waals surface area (Å²) in [5.74, 6) is 0.910. The van der Waals surface area contributed by atoms with Crippen LogP contribution in [-0.4, -0.2) is 12.1 Å². The van der Waals surface area contributed by atoms with Crippen molar-refractivity contribution in [2.45, 2.75) is 43.7 Å². The molecule has 4 atom stereocenters. The van der Waals surface area contributed by atoms with Crippen molar-refractivity contribution in [2.75, 3.05) is 0 Å². The van der Waals surface area contributed by atoms with Gasteiger partial charge in [-0.1, -0.05) is 54.1 Å². The van der Waals surface area contributed by atoms with E-state index < -0.39 is 0 Å². The minimum absolute atomic E-state index is 0.0198. The van der Waals surface area contributed by atoms with Gasteiger partial charge in [0.25, 0.3) is 0 Å². The SMILES string of the molecule is N[C@@H]1CC2CCCC=C2C(c2cccc3ccccc23)[C@H]1N. The number of nitrogens with two attached hydrogens (primary N) is 2. The van der Waals surface area contributed by atoms with Gasteiger partial charge in [0.15, 0.2) is 0 Å². The zero-order valence-corrected chi connectivity index (χ0v) is 12.9. The lowest BCUT2D eigenvalue weighted by molar-refractivity contribution is 0.306. The summed E-state index contributed by atoms with van der Waals surface area (Å²) in [7, 11) is 0. The molecule has 2 aliphatic rings. The second-order valence-corrected chi connectivity index (χ2v) is 6.85. The number of hydrogen-bond acceptors (Lipinski definition) is 2. The van der Waals surface area contributed by atoms with Gasteiger partial charge in [0, 0.05) is 18.0 Å². The van der Waals surface area contributed by atoms with Gasteiger partial charge >= 0.3 is 0 Å².